The number of esters is 1. The van der Waals surface area contributed by atoms with Crippen LogP contribution in [0.3, 0.4) is 0 Å². The topological polar surface area (TPSA) is 76.1 Å². The van der Waals surface area contributed by atoms with E-state index in [0.717, 1.165) is 12.1 Å². The van der Waals surface area contributed by atoms with Crippen LogP contribution in [0.15, 0.2) is 6.20 Å². The van der Waals surface area contributed by atoms with Gasteiger partial charge >= 0.3 is 5.97 Å². The van der Waals surface area contributed by atoms with Gasteiger partial charge in [0.2, 0.25) is 5.95 Å². The lowest BCUT2D eigenvalue weighted by molar-refractivity contribution is -0.141. The van der Waals surface area contributed by atoms with Crippen molar-refractivity contribution >= 4 is 17.7 Å². The van der Waals surface area contributed by atoms with Gasteiger partial charge in [-0.2, -0.15) is 4.98 Å². The van der Waals surface area contributed by atoms with Crippen molar-refractivity contribution in [2.24, 2.45) is 5.92 Å². The summed E-state index contributed by atoms with van der Waals surface area (Å²) < 4.78 is 4.84. The number of anilines is 2. The lowest BCUT2D eigenvalue weighted by atomic mass is 10.0. The van der Waals surface area contributed by atoms with Crippen molar-refractivity contribution in [2.45, 2.75) is 40.2 Å². The van der Waals surface area contributed by atoms with Crippen molar-refractivity contribution in [3.63, 3.8) is 0 Å². The molecule has 0 saturated carbocycles. The maximum absolute atomic E-state index is 11.8. The van der Waals surface area contributed by atoms with Crippen molar-refractivity contribution in [2.75, 3.05) is 24.3 Å². The van der Waals surface area contributed by atoms with Gasteiger partial charge in [-0.05, 0) is 26.2 Å². The van der Waals surface area contributed by atoms with Crippen LogP contribution < -0.4 is 10.6 Å². The molecule has 1 aromatic rings. The highest BCUT2D eigenvalue weighted by Crippen LogP contribution is 2.17. The van der Waals surface area contributed by atoms with Crippen LogP contribution in [0.25, 0.3) is 0 Å². The minimum Gasteiger partial charge on any atom is -0.467 e. The summed E-state index contributed by atoms with van der Waals surface area (Å²) in [5, 5.41) is 6.22. The molecule has 20 heavy (non-hydrogen) atoms. The van der Waals surface area contributed by atoms with Gasteiger partial charge in [-0.15, -0.1) is 0 Å². The number of carbonyl (C=O) groups excluding carboxylic acids is 1. The van der Waals surface area contributed by atoms with Crippen molar-refractivity contribution in [3.8, 4) is 0 Å². The Morgan fingerprint density at radius 2 is 2.15 bits per heavy atom. The molecule has 0 aliphatic rings. The monoisotopic (exact) mass is 280 g/mol. The molecular weight excluding hydrogens is 256 g/mol. The quantitative estimate of drug-likeness (QED) is 0.746. The molecule has 0 fully saturated rings. The number of hydrogen-bond acceptors (Lipinski definition) is 6. The Labute approximate surface area is 120 Å². The van der Waals surface area contributed by atoms with Crippen LogP contribution in [-0.2, 0) is 9.53 Å². The van der Waals surface area contributed by atoms with Crippen molar-refractivity contribution in [1.82, 2.24) is 9.97 Å². The zero-order valence-electron chi connectivity index (χ0n) is 12.9. The predicted molar refractivity (Wildman–Crippen MR) is 79.8 cm³/mol. The third-order valence-corrected chi connectivity index (χ3v) is 2.81. The molecule has 0 spiro atoms. The number of carbonyl (C=O) groups is 1. The molecule has 1 aromatic heterocycles. The molecule has 0 amide bonds. The van der Waals surface area contributed by atoms with Crippen LogP contribution in [-0.4, -0.2) is 35.6 Å². The minimum absolute atomic E-state index is 0.276. The molecule has 0 bridgehead atoms. The number of hydrogen-bond donors (Lipinski definition) is 2. The number of ether oxygens (including phenoxy) is 1. The van der Waals surface area contributed by atoms with E-state index in [1.165, 1.54) is 7.11 Å². The fourth-order valence-corrected chi connectivity index (χ4v) is 1.82. The Balaban J connectivity index is 2.91. The highest BCUT2D eigenvalue weighted by atomic mass is 16.5. The summed E-state index contributed by atoms with van der Waals surface area (Å²) in [5.74, 6) is 1.31. The summed E-state index contributed by atoms with van der Waals surface area (Å²) in [6.07, 6.45) is 2.42. The molecule has 1 rings (SSSR count). The maximum atomic E-state index is 11.8. The van der Waals surface area contributed by atoms with E-state index in [1.54, 1.807) is 6.20 Å². The SMILES string of the molecule is CCNc1ncc(C)c(NC(CC(C)C)C(=O)OC)n1. The normalized spacial score (nSPS) is 12.1. The van der Waals surface area contributed by atoms with Gasteiger partial charge in [0.15, 0.2) is 0 Å². The Bertz CT molecular complexity index is 449. The number of nitrogens with one attached hydrogen (secondary N) is 2. The molecule has 1 atom stereocenters. The van der Waals surface area contributed by atoms with Gasteiger partial charge in [-0.3, -0.25) is 0 Å². The van der Waals surface area contributed by atoms with Gasteiger partial charge in [0.1, 0.15) is 11.9 Å². The summed E-state index contributed by atoms with van der Waals surface area (Å²) in [4.78, 5) is 20.4. The molecule has 2 N–H and O–H groups in total. The van der Waals surface area contributed by atoms with Crippen molar-refractivity contribution in [1.29, 1.82) is 0 Å². The predicted octanol–water partition coefficient (Wildman–Crippen LogP) is 2.22. The molecule has 0 aliphatic heterocycles. The van der Waals surface area contributed by atoms with Crippen LogP contribution in [0.5, 0.6) is 0 Å². The Hall–Kier alpha value is -1.85. The maximum Gasteiger partial charge on any atom is 0.328 e. The second-order valence-electron chi connectivity index (χ2n) is 5.11. The van der Waals surface area contributed by atoms with Crippen LogP contribution in [0.1, 0.15) is 32.8 Å². The van der Waals surface area contributed by atoms with E-state index in [2.05, 4.69) is 34.4 Å². The standard InChI is InChI=1S/C14H24N4O2/c1-6-15-14-16-8-10(4)12(18-14)17-11(7-9(2)3)13(19)20-5/h8-9,11H,6-7H2,1-5H3,(H2,15,16,17,18). The minimum atomic E-state index is -0.400. The van der Waals surface area contributed by atoms with Crippen molar-refractivity contribution < 1.29 is 9.53 Å². The van der Waals surface area contributed by atoms with E-state index < -0.39 is 6.04 Å². The fourth-order valence-electron chi connectivity index (χ4n) is 1.82. The number of aromatic nitrogens is 2. The van der Waals surface area contributed by atoms with E-state index in [0.29, 0.717) is 24.1 Å². The first-order chi connectivity index (χ1) is 9.47. The Morgan fingerprint density at radius 1 is 1.45 bits per heavy atom. The van der Waals surface area contributed by atoms with Gasteiger partial charge in [0.05, 0.1) is 7.11 Å². The summed E-state index contributed by atoms with van der Waals surface area (Å²) in [6, 6.07) is -0.400. The van der Waals surface area contributed by atoms with Crippen LogP contribution >= 0.6 is 0 Å². The molecule has 112 valence electrons. The summed E-state index contributed by atoms with van der Waals surface area (Å²) in [7, 11) is 1.40. The second-order valence-corrected chi connectivity index (χ2v) is 5.11. The lowest BCUT2D eigenvalue weighted by Gasteiger charge is -2.20. The molecule has 0 aliphatic carbocycles. The van der Waals surface area contributed by atoms with Crippen LogP contribution in [0, 0.1) is 12.8 Å². The van der Waals surface area contributed by atoms with E-state index in [9.17, 15) is 4.79 Å². The first kappa shape index (κ1) is 16.2. The molecule has 0 saturated heterocycles. The first-order valence-electron chi connectivity index (χ1n) is 6.89. The van der Waals surface area contributed by atoms with E-state index in [-0.39, 0.29) is 5.97 Å². The van der Waals surface area contributed by atoms with Gasteiger partial charge in [-0.25, -0.2) is 9.78 Å². The first-order valence-corrected chi connectivity index (χ1v) is 6.89. The van der Waals surface area contributed by atoms with Gasteiger partial charge in [-0.1, -0.05) is 13.8 Å². The average Bonchev–Trinajstić information content (AvgIpc) is 2.40. The zero-order chi connectivity index (χ0) is 15.1. The molecule has 1 heterocycles. The van der Waals surface area contributed by atoms with E-state index in [4.69, 9.17) is 4.74 Å². The van der Waals surface area contributed by atoms with Crippen LogP contribution in [0.2, 0.25) is 0 Å². The fraction of sp³-hybridized carbons (Fsp3) is 0.643. The molecule has 0 aromatic carbocycles. The Kier molecular flexibility index (Phi) is 6.21. The average molecular weight is 280 g/mol. The third kappa shape index (κ3) is 4.68. The zero-order valence-corrected chi connectivity index (χ0v) is 12.9. The van der Waals surface area contributed by atoms with E-state index >= 15 is 0 Å². The Morgan fingerprint density at radius 3 is 2.70 bits per heavy atom. The highest BCUT2D eigenvalue weighted by Gasteiger charge is 2.21. The molecule has 0 radical (unpaired) electrons. The third-order valence-electron chi connectivity index (χ3n) is 2.81. The van der Waals surface area contributed by atoms with Gasteiger partial charge in [0.25, 0.3) is 0 Å². The lowest BCUT2D eigenvalue weighted by Crippen LogP contribution is -2.32. The molecule has 6 nitrogen and oxygen atoms in total. The number of aryl methyl sites for hydroxylation is 1. The summed E-state index contributed by atoms with van der Waals surface area (Å²) in [5.41, 5.74) is 0.893. The summed E-state index contributed by atoms with van der Waals surface area (Å²) >= 11 is 0. The number of methoxy groups -OCH3 is 1. The molecule has 6 heteroatoms. The van der Waals surface area contributed by atoms with E-state index in [1.807, 2.05) is 13.8 Å². The van der Waals surface area contributed by atoms with Crippen LogP contribution in [0.4, 0.5) is 11.8 Å². The summed E-state index contributed by atoms with van der Waals surface area (Å²) in [6.45, 7) is 8.76. The van der Waals surface area contributed by atoms with Crippen molar-refractivity contribution in [3.05, 3.63) is 11.8 Å². The smallest absolute Gasteiger partial charge is 0.328 e. The molecular formula is C14H24N4O2. The second kappa shape index (κ2) is 7.67. The number of rotatable bonds is 7. The van der Waals surface area contributed by atoms with Gasteiger partial charge in [0, 0.05) is 18.3 Å². The van der Waals surface area contributed by atoms with Gasteiger partial charge < -0.3 is 15.4 Å². The largest absolute Gasteiger partial charge is 0.467 e. The molecule has 1 unspecified atom stereocenters. The number of nitrogens with zero attached hydrogens (tertiary/aromatic N) is 2. The highest BCUT2D eigenvalue weighted by molar-refractivity contribution is 5.79.